The number of methoxy groups -OCH3 is 2. The van der Waals surface area contributed by atoms with Crippen molar-refractivity contribution in [2.45, 2.75) is 25.7 Å². The predicted octanol–water partition coefficient (Wildman–Crippen LogP) is 8.23. The first-order chi connectivity index (χ1) is 24.7. The lowest BCUT2D eigenvalue weighted by Gasteiger charge is -2.23. The molecule has 0 saturated heterocycles. The lowest BCUT2D eigenvalue weighted by molar-refractivity contribution is -0.147. The molecule has 0 amide bonds. The van der Waals surface area contributed by atoms with Crippen LogP contribution in [0.1, 0.15) is 55.1 Å². The number of hydrogen-bond acceptors (Lipinski definition) is 6. The Labute approximate surface area is 304 Å². The van der Waals surface area contributed by atoms with Gasteiger partial charge in [0.2, 0.25) is 0 Å². The molecule has 10 nitrogen and oxygen atoms in total. The summed E-state index contributed by atoms with van der Waals surface area (Å²) in [5.74, 6) is -10.8. The van der Waals surface area contributed by atoms with Crippen LogP contribution in [0, 0.1) is 25.5 Å². The zero-order valence-corrected chi connectivity index (χ0v) is 29.3. The lowest BCUT2D eigenvalue weighted by Crippen LogP contribution is -2.28. The Hall–Kier alpha value is -5.72. The van der Waals surface area contributed by atoms with E-state index in [2.05, 4.69) is 0 Å². The molecule has 0 aliphatic rings. The Morgan fingerprint density at radius 1 is 0.615 bits per heavy atom. The van der Waals surface area contributed by atoms with Crippen molar-refractivity contribution in [1.29, 1.82) is 0 Å². The summed E-state index contributed by atoms with van der Waals surface area (Å²) >= 11 is 12.1. The summed E-state index contributed by atoms with van der Waals surface area (Å²) < 4.78 is 43.2. The number of aliphatic carboxylic acids is 2. The summed E-state index contributed by atoms with van der Waals surface area (Å²) in [6.45, 7) is 2.84. The van der Waals surface area contributed by atoms with Gasteiger partial charge in [-0.25, -0.2) is 8.78 Å². The molecule has 266 valence electrons. The van der Waals surface area contributed by atoms with Crippen molar-refractivity contribution >= 4 is 68.8 Å². The van der Waals surface area contributed by atoms with Crippen LogP contribution in [0.15, 0.2) is 72.8 Å². The second kappa shape index (κ2) is 13.8. The van der Waals surface area contributed by atoms with Crippen LogP contribution in [-0.2, 0) is 9.59 Å². The molecule has 2 N–H and O–H groups in total. The van der Waals surface area contributed by atoms with Gasteiger partial charge in [0.1, 0.15) is 11.8 Å². The molecule has 0 radical (unpaired) electrons. The molecule has 0 saturated carbocycles. The normalized spacial score (nSPS) is 12.5. The van der Waals surface area contributed by atoms with Gasteiger partial charge in [-0.1, -0.05) is 23.2 Å². The van der Waals surface area contributed by atoms with Gasteiger partial charge in [0.15, 0.2) is 23.1 Å². The number of carboxylic acids is 2. The summed E-state index contributed by atoms with van der Waals surface area (Å²) in [5, 5.41) is 22.6. The van der Waals surface area contributed by atoms with Gasteiger partial charge in [-0.15, -0.1) is 0 Å². The monoisotopic (exact) mass is 748 g/mol. The first-order valence-electron chi connectivity index (χ1n) is 15.5. The Kier molecular flexibility index (Phi) is 9.56. The van der Waals surface area contributed by atoms with Crippen LogP contribution in [0.4, 0.5) is 8.78 Å². The number of benzene rings is 4. The third kappa shape index (κ3) is 5.93. The smallest absolute Gasteiger partial charge is 0.312 e. The minimum Gasteiger partial charge on any atom is -0.494 e. The fraction of sp³-hybridized carbons (Fsp3) is 0.158. The molecular weight excluding hydrogens is 721 g/mol. The second-order valence-electron chi connectivity index (χ2n) is 11.9. The maximum atomic E-state index is 15.3. The minimum absolute atomic E-state index is 0.00325. The average molecular weight is 750 g/mol. The van der Waals surface area contributed by atoms with Gasteiger partial charge >= 0.3 is 11.9 Å². The van der Waals surface area contributed by atoms with Crippen molar-refractivity contribution in [3.05, 3.63) is 128 Å². The minimum atomic E-state index is -1.96. The Bertz CT molecular complexity index is 2280. The van der Waals surface area contributed by atoms with Crippen LogP contribution in [-0.4, -0.2) is 57.3 Å². The molecular formula is C38H28Cl2F2N2O8. The molecule has 0 spiro atoms. The zero-order chi connectivity index (χ0) is 37.8. The Balaban J connectivity index is 1.69. The molecule has 2 unspecified atom stereocenters. The molecule has 2 atom stereocenters. The van der Waals surface area contributed by atoms with Crippen molar-refractivity contribution in [2.24, 2.45) is 0 Å². The number of hydrogen-bond donors (Lipinski definition) is 2. The number of ether oxygens (including phenoxy) is 2. The number of fused-ring (bicyclic) bond motifs is 2. The number of rotatable bonds is 9. The SMILES string of the molecule is COc1cc2c(C(C(=O)O)C(C(=O)O)c3c(C)n(C(=O)c4ccc(Cl)cc4)c4cc(F)c(OC)cc34)c(C)n(C(=O)c3ccc(Cl)cc3)c2cc1F. The van der Waals surface area contributed by atoms with Gasteiger partial charge in [-0.05, 0) is 85.6 Å². The van der Waals surface area contributed by atoms with E-state index in [1.54, 1.807) is 0 Å². The molecule has 2 heterocycles. The van der Waals surface area contributed by atoms with Crippen molar-refractivity contribution < 1.29 is 47.6 Å². The van der Waals surface area contributed by atoms with Crippen molar-refractivity contribution in [3.8, 4) is 11.5 Å². The predicted molar refractivity (Wildman–Crippen MR) is 189 cm³/mol. The molecule has 2 aromatic heterocycles. The number of aromatic nitrogens is 2. The Morgan fingerprint density at radius 2 is 0.942 bits per heavy atom. The Morgan fingerprint density at radius 3 is 1.23 bits per heavy atom. The molecule has 0 fully saturated rings. The van der Waals surface area contributed by atoms with Crippen LogP contribution < -0.4 is 9.47 Å². The first kappa shape index (κ1) is 36.1. The van der Waals surface area contributed by atoms with Crippen LogP contribution in [0.2, 0.25) is 10.0 Å². The van der Waals surface area contributed by atoms with Crippen molar-refractivity contribution in [1.82, 2.24) is 9.13 Å². The molecule has 6 rings (SSSR count). The fourth-order valence-corrected chi connectivity index (χ4v) is 7.06. The summed E-state index contributed by atoms with van der Waals surface area (Å²) in [7, 11) is 2.40. The van der Waals surface area contributed by atoms with Gasteiger partial charge in [0, 0.05) is 55.5 Å². The van der Waals surface area contributed by atoms with Crippen molar-refractivity contribution in [3.63, 3.8) is 0 Å². The third-order valence-corrected chi connectivity index (χ3v) is 9.63. The highest BCUT2D eigenvalue weighted by atomic mass is 35.5. The van der Waals surface area contributed by atoms with E-state index in [-0.39, 0.29) is 66.9 Å². The van der Waals surface area contributed by atoms with E-state index in [4.69, 9.17) is 32.7 Å². The van der Waals surface area contributed by atoms with Gasteiger partial charge in [0.05, 0.1) is 25.3 Å². The summed E-state index contributed by atoms with van der Waals surface area (Å²) in [6, 6.07) is 16.1. The highest BCUT2D eigenvalue weighted by Crippen LogP contribution is 2.46. The molecule has 0 aliphatic carbocycles. The van der Waals surface area contributed by atoms with Crippen LogP contribution in [0.5, 0.6) is 11.5 Å². The lowest BCUT2D eigenvalue weighted by atomic mass is 9.79. The van der Waals surface area contributed by atoms with Gasteiger partial charge in [-0.3, -0.25) is 28.3 Å². The van der Waals surface area contributed by atoms with E-state index >= 15 is 8.78 Å². The topological polar surface area (TPSA) is 137 Å². The quantitative estimate of drug-likeness (QED) is 0.151. The van der Waals surface area contributed by atoms with E-state index in [0.29, 0.717) is 10.0 Å². The van der Waals surface area contributed by atoms with Crippen LogP contribution in [0.3, 0.4) is 0 Å². The highest BCUT2D eigenvalue weighted by molar-refractivity contribution is 6.31. The fourth-order valence-electron chi connectivity index (χ4n) is 6.81. The number of carbonyl (C=O) groups excluding carboxylic acids is 2. The largest absolute Gasteiger partial charge is 0.494 e. The standard InChI is InChI=1S/C38H28Cl2F2N2O8/c1-17-31(23-13-29(51-3)25(41)15-27(23)43(17)35(45)19-5-9-21(39)10-6-19)33(37(47)48)34(38(49)50)32-18(2)44(36(46)20-7-11-22(40)12-8-20)28-16-26(42)30(52-4)14-24(28)32/h5-16,33-34H,1-4H3,(H,47,48)(H,49,50). The molecule has 0 bridgehead atoms. The summed E-state index contributed by atoms with van der Waals surface area (Å²) in [5.41, 5.74) is -0.107. The second-order valence-corrected chi connectivity index (χ2v) is 12.8. The highest BCUT2D eigenvalue weighted by Gasteiger charge is 2.43. The van der Waals surface area contributed by atoms with Gasteiger partial charge < -0.3 is 19.7 Å². The van der Waals surface area contributed by atoms with Crippen molar-refractivity contribution in [2.75, 3.05) is 14.2 Å². The number of halogens is 4. The molecule has 0 aliphatic heterocycles. The summed E-state index contributed by atoms with van der Waals surface area (Å²) in [4.78, 5) is 55.0. The van der Waals surface area contributed by atoms with E-state index in [1.807, 2.05) is 0 Å². The van der Waals surface area contributed by atoms with Crippen LogP contribution in [0.25, 0.3) is 21.8 Å². The first-order valence-corrected chi connectivity index (χ1v) is 16.3. The maximum absolute atomic E-state index is 15.3. The number of nitrogens with zero attached hydrogens (tertiary/aromatic N) is 2. The van der Waals surface area contributed by atoms with E-state index in [1.165, 1.54) is 88.7 Å². The van der Waals surface area contributed by atoms with Gasteiger partial charge in [-0.2, -0.15) is 0 Å². The maximum Gasteiger partial charge on any atom is 0.312 e. The van der Waals surface area contributed by atoms with Crippen LogP contribution >= 0.6 is 23.2 Å². The molecule has 4 aromatic carbocycles. The number of carbonyl (C=O) groups is 4. The molecule has 6 aromatic rings. The van der Waals surface area contributed by atoms with E-state index in [9.17, 15) is 29.4 Å². The molecule has 14 heteroatoms. The van der Waals surface area contributed by atoms with Gasteiger partial charge in [0.25, 0.3) is 11.8 Å². The van der Waals surface area contributed by atoms with E-state index < -0.39 is 47.2 Å². The zero-order valence-electron chi connectivity index (χ0n) is 27.8. The summed E-state index contributed by atoms with van der Waals surface area (Å²) in [6.07, 6.45) is 0. The average Bonchev–Trinajstić information content (AvgIpc) is 3.53. The third-order valence-electron chi connectivity index (χ3n) is 9.13. The van der Waals surface area contributed by atoms with E-state index in [0.717, 1.165) is 21.3 Å². The number of carboxylic acid groups (broad SMARTS) is 2. The molecule has 52 heavy (non-hydrogen) atoms.